The van der Waals surface area contributed by atoms with Gasteiger partial charge in [0.05, 0.1) is 6.54 Å². The summed E-state index contributed by atoms with van der Waals surface area (Å²) in [5.41, 5.74) is 0.821. The maximum Gasteiger partial charge on any atom is 0.251 e. The standard InChI is InChI=1S/C12H20N4O/c1-3-10-6-12(17)15-11(14-10)8-16-5-4-13-7-9(16)2/h6,9,13H,3-5,7-8H2,1-2H3,(H,14,15,17)/t9-/m1/s1. The van der Waals surface area contributed by atoms with Gasteiger partial charge in [0.25, 0.3) is 5.56 Å². The number of nitrogens with zero attached hydrogens (tertiary/aromatic N) is 2. The second kappa shape index (κ2) is 5.42. The average Bonchev–Trinajstić information content (AvgIpc) is 2.31. The normalized spacial score (nSPS) is 21.6. The van der Waals surface area contributed by atoms with Crippen molar-refractivity contribution < 1.29 is 0 Å². The summed E-state index contributed by atoms with van der Waals surface area (Å²) in [6, 6.07) is 2.06. The van der Waals surface area contributed by atoms with E-state index in [4.69, 9.17) is 0 Å². The molecule has 0 aliphatic carbocycles. The molecule has 94 valence electrons. The van der Waals surface area contributed by atoms with Crippen LogP contribution >= 0.6 is 0 Å². The SMILES string of the molecule is CCc1cc(=O)[nH]c(CN2CCNC[C@H]2C)n1. The van der Waals surface area contributed by atoms with Gasteiger partial charge in [-0.05, 0) is 13.3 Å². The van der Waals surface area contributed by atoms with Crippen molar-refractivity contribution in [1.82, 2.24) is 20.2 Å². The van der Waals surface area contributed by atoms with Crippen LogP contribution < -0.4 is 10.9 Å². The fraction of sp³-hybridized carbons (Fsp3) is 0.667. The third-order valence-corrected chi connectivity index (χ3v) is 3.20. The third kappa shape index (κ3) is 3.14. The van der Waals surface area contributed by atoms with Crippen LogP contribution in [0.3, 0.4) is 0 Å². The summed E-state index contributed by atoms with van der Waals surface area (Å²) in [5, 5.41) is 3.35. The van der Waals surface area contributed by atoms with E-state index < -0.39 is 0 Å². The van der Waals surface area contributed by atoms with Crippen molar-refractivity contribution in [2.75, 3.05) is 19.6 Å². The average molecular weight is 236 g/mol. The summed E-state index contributed by atoms with van der Waals surface area (Å²) in [6.07, 6.45) is 0.800. The minimum atomic E-state index is -0.0466. The van der Waals surface area contributed by atoms with Gasteiger partial charge in [-0.1, -0.05) is 6.92 Å². The van der Waals surface area contributed by atoms with E-state index in [-0.39, 0.29) is 5.56 Å². The fourth-order valence-corrected chi connectivity index (χ4v) is 2.13. The second-order valence-electron chi connectivity index (χ2n) is 4.56. The van der Waals surface area contributed by atoms with Crippen LogP contribution in [0.2, 0.25) is 0 Å². The van der Waals surface area contributed by atoms with Crippen molar-refractivity contribution in [3.63, 3.8) is 0 Å². The number of aromatic nitrogens is 2. The molecule has 0 unspecified atom stereocenters. The van der Waals surface area contributed by atoms with Crippen LogP contribution in [-0.2, 0) is 13.0 Å². The molecule has 5 nitrogen and oxygen atoms in total. The van der Waals surface area contributed by atoms with Gasteiger partial charge >= 0.3 is 0 Å². The molecule has 0 bridgehead atoms. The zero-order valence-corrected chi connectivity index (χ0v) is 10.5. The van der Waals surface area contributed by atoms with E-state index in [2.05, 4.69) is 27.1 Å². The van der Waals surface area contributed by atoms with Crippen LogP contribution in [0.15, 0.2) is 10.9 Å². The maximum atomic E-state index is 11.5. The highest BCUT2D eigenvalue weighted by Gasteiger charge is 2.18. The summed E-state index contributed by atoms with van der Waals surface area (Å²) in [7, 11) is 0. The molecule has 1 atom stereocenters. The van der Waals surface area contributed by atoms with E-state index in [0.29, 0.717) is 6.04 Å². The van der Waals surface area contributed by atoms with E-state index in [9.17, 15) is 4.79 Å². The molecule has 1 aromatic heterocycles. The van der Waals surface area contributed by atoms with Crippen LogP contribution in [0.25, 0.3) is 0 Å². The zero-order valence-electron chi connectivity index (χ0n) is 10.5. The van der Waals surface area contributed by atoms with Crippen LogP contribution in [0, 0.1) is 0 Å². The summed E-state index contributed by atoms with van der Waals surface area (Å²) in [6.45, 7) is 7.93. The van der Waals surface area contributed by atoms with Gasteiger partial charge < -0.3 is 10.3 Å². The maximum absolute atomic E-state index is 11.5. The molecular weight excluding hydrogens is 216 g/mol. The van der Waals surface area contributed by atoms with E-state index in [1.807, 2.05) is 6.92 Å². The number of piperazine rings is 1. The van der Waals surface area contributed by atoms with Crippen LogP contribution in [0.4, 0.5) is 0 Å². The van der Waals surface area contributed by atoms with Crippen LogP contribution in [0.5, 0.6) is 0 Å². The molecule has 0 saturated carbocycles. The molecule has 5 heteroatoms. The summed E-state index contributed by atoms with van der Waals surface area (Å²) in [5.74, 6) is 0.781. The van der Waals surface area contributed by atoms with Crippen LogP contribution in [-0.4, -0.2) is 40.5 Å². The first-order chi connectivity index (χ1) is 8.19. The lowest BCUT2D eigenvalue weighted by Crippen LogP contribution is -2.49. The lowest BCUT2D eigenvalue weighted by molar-refractivity contribution is 0.161. The molecule has 17 heavy (non-hydrogen) atoms. The number of hydrogen-bond donors (Lipinski definition) is 2. The zero-order chi connectivity index (χ0) is 12.3. The third-order valence-electron chi connectivity index (χ3n) is 3.20. The molecule has 1 aliphatic heterocycles. The predicted octanol–water partition coefficient (Wildman–Crippen LogP) is 0.126. The Kier molecular flexibility index (Phi) is 3.91. The van der Waals surface area contributed by atoms with Crippen LogP contribution in [0.1, 0.15) is 25.4 Å². The highest BCUT2D eigenvalue weighted by molar-refractivity contribution is 5.02. The molecule has 1 aliphatic rings. The molecule has 1 saturated heterocycles. The molecule has 2 N–H and O–H groups in total. The molecule has 0 amide bonds. The lowest BCUT2D eigenvalue weighted by atomic mass is 10.2. The molecule has 1 aromatic rings. The van der Waals surface area contributed by atoms with Crippen molar-refractivity contribution in [2.45, 2.75) is 32.9 Å². The lowest BCUT2D eigenvalue weighted by Gasteiger charge is -2.33. The molecule has 2 heterocycles. The predicted molar refractivity (Wildman–Crippen MR) is 67.0 cm³/mol. The number of rotatable bonds is 3. The molecule has 0 spiro atoms. The van der Waals surface area contributed by atoms with Gasteiger partial charge in [0.15, 0.2) is 0 Å². The van der Waals surface area contributed by atoms with Crippen molar-refractivity contribution in [3.05, 3.63) is 27.9 Å². The van der Waals surface area contributed by atoms with Crippen molar-refractivity contribution in [3.8, 4) is 0 Å². The van der Waals surface area contributed by atoms with E-state index in [1.165, 1.54) is 0 Å². The first kappa shape index (κ1) is 12.3. The number of aryl methyl sites for hydroxylation is 1. The Hall–Kier alpha value is -1.20. The Labute approximate surface area is 101 Å². The van der Waals surface area contributed by atoms with Gasteiger partial charge in [0, 0.05) is 37.4 Å². The van der Waals surface area contributed by atoms with Crippen molar-refractivity contribution in [2.24, 2.45) is 0 Å². The minimum absolute atomic E-state index is 0.0466. The quantitative estimate of drug-likeness (QED) is 0.783. The molecule has 0 radical (unpaired) electrons. The fourth-order valence-electron chi connectivity index (χ4n) is 2.13. The van der Waals surface area contributed by atoms with Crippen molar-refractivity contribution >= 4 is 0 Å². The number of H-pyrrole nitrogens is 1. The first-order valence-corrected chi connectivity index (χ1v) is 6.23. The smallest absolute Gasteiger partial charge is 0.251 e. The minimum Gasteiger partial charge on any atom is -0.314 e. The van der Waals surface area contributed by atoms with Gasteiger partial charge in [0.1, 0.15) is 5.82 Å². The van der Waals surface area contributed by atoms with Crippen molar-refractivity contribution in [1.29, 1.82) is 0 Å². The molecule has 0 aromatic carbocycles. The topological polar surface area (TPSA) is 61.0 Å². The summed E-state index contributed by atoms with van der Waals surface area (Å²) >= 11 is 0. The highest BCUT2D eigenvalue weighted by Crippen LogP contribution is 2.06. The Morgan fingerprint density at radius 1 is 1.59 bits per heavy atom. The number of nitrogens with one attached hydrogen (secondary N) is 2. The summed E-state index contributed by atoms with van der Waals surface area (Å²) < 4.78 is 0. The van der Waals surface area contributed by atoms with Gasteiger partial charge in [-0.15, -0.1) is 0 Å². The monoisotopic (exact) mass is 236 g/mol. The molecule has 1 fully saturated rings. The van der Waals surface area contributed by atoms with E-state index >= 15 is 0 Å². The van der Waals surface area contributed by atoms with Gasteiger partial charge in [-0.3, -0.25) is 9.69 Å². The molecular formula is C12H20N4O. The number of hydrogen-bond acceptors (Lipinski definition) is 4. The van der Waals surface area contributed by atoms with E-state index in [0.717, 1.165) is 44.1 Å². The Bertz CT molecular complexity index is 429. The number of aromatic amines is 1. The van der Waals surface area contributed by atoms with E-state index in [1.54, 1.807) is 6.07 Å². The van der Waals surface area contributed by atoms with Gasteiger partial charge in [-0.2, -0.15) is 0 Å². The molecule has 2 rings (SSSR count). The Morgan fingerprint density at radius 3 is 3.12 bits per heavy atom. The van der Waals surface area contributed by atoms with Gasteiger partial charge in [-0.25, -0.2) is 4.98 Å². The largest absolute Gasteiger partial charge is 0.314 e. The highest BCUT2D eigenvalue weighted by atomic mass is 16.1. The first-order valence-electron chi connectivity index (χ1n) is 6.23. The Balaban J connectivity index is 2.11. The summed E-state index contributed by atoms with van der Waals surface area (Å²) in [4.78, 5) is 21.1. The Morgan fingerprint density at radius 2 is 2.41 bits per heavy atom. The second-order valence-corrected chi connectivity index (χ2v) is 4.56. The van der Waals surface area contributed by atoms with Gasteiger partial charge in [0.2, 0.25) is 0 Å².